The number of hydrogen-bond acceptors (Lipinski definition) is 5. The summed E-state index contributed by atoms with van der Waals surface area (Å²) in [6.45, 7) is 6.20. The zero-order valence-corrected chi connectivity index (χ0v) is 13.9. The van der Waals surface area contributed by atoms with Crippen molar-refractivity contribution in [3.63, 3.8) is 0 Å². The van der Waals surface area contributed by atoms with Gasteiger partial charge in [0.25, 0.3) is 0 Å². The second-order valence-electron chi connectivity index (χ2n) is 6.23. The molecule has 2 atom stereocenters. The molecule has 1 aromatic carbocycles. The lowest BCUT2D eigenvalue weighted by molar-refractivity contribution is -0.139. The normalized spacial score (nSPS) is 24.7. The Kier molecular flexibility index (Phi) is 5.01. The lowest BCUT2D eigenvalue weighted by Crippen LogP contribution is -2.59. The van der Waals surface area contributed by atoms with Gasteiger partial charge >= 0.3 is 0 Å². The first-order valence-corrected chi connectivity index (χ1v) is 8.35. The van der Waals surface area contributed by atoms with Gasteiger partial charge in [0.15, 0.2) is 0 Å². The molecule has 0 saturated carbocycles. The standard InChI is InChI=1S/C17H24N4O3/c1-12-15(19-6-11-24-12)17(23)21-9-7-20(8-10-21)14-4-2-13(3-5-14)16(18)22/h2-5,12,15,19H,6-11H2,1H3,(H2,18,22)/t12-,15+/m1/s1. The Morgan fingerprint density at radius 1 is 1.17 bits per heavy atom. The summed E-state index contributed by atoms with van der Waals surface area (Å²) in [4.78, 5) is 27.9. The highest BCUT2D eigenvalue weighted by Gasteiger charge is 2.33. The van der Waals surface area contributed by atoms with E-state index in [-0.39, 0.29) is 18.1 Å². The molecule has 1 aromatic rings. The number of amides is 2. The zero-order chi connectivity index (χ0) is 17.1. The van der Waals surface area contributed by atoms with E-state index in [1.54, 1.807) is 12.1 Å². The Morgan fingerprint density at radius 3 is 2.42 bits per heavy atom. The Labute approximate surface area is 141 Å². The number of hydrogen-bond donors (Lipinski definition) is 2. The van der Waals surface area contributed by atoms with Gasteiger partial charge in [-0.15, -0.1) is 0 Å². The number of nitrogens with two attached hydrogens (primary N) is 1. The first-order chi connectivity index (χ1) is 11.6. The van der Waals surface area contributed by atoms with Gasteiger partial charge in [-0.25, -0.2) is 0 Å². The van der Waals surface area contributed by atoms with Gasteiger partial charge in [0.2, 0.25) is 11.8 Å². The van der Waals surface area contributed by atoms with Crippen molar-refractivity contribution in [2.24, 2.45) is 5.73 Å². The highest BCUT2D eigenvalue weighted by molar-refractivity contribution is 5.93. The maximum Gasteiger partial charge on any atom is 0.248 e. The van der Waals surface area contributed by atoms with Crippen molar-refractivity contribution < 1.29 is 14.3 Å². The van der Waals surface area contributed by atoms with E-state index < -0.39 is 5.91 Å². The number of rotatable bonds is 3. The van der Waals surface area contributed by atoms with Gasteiger partial charge in [0.05, 0.1) is 12.7 Å². The van der Waals surface area contributed by atoms with E-state index in [9.17, 15) is 9.59 Å². The van der Waals surface area contributed by atoms with E-state index in [1.165, 1.54) is 0 Å². The largest absolute Gasteiger partial charge is 0.375 e. The number of benzene rings is 1. The van der Waals surface area contributed by atoms with Crippen LogP contribution in [0.25, 0.3) is 0 Å². The Balaban J connectivity index is 1.57. The molecule has 0 spiro atoms. The molecule has 24 heavy (non-hydrogen) atoms. The predicted octanol–water partition coefficient (Wildman–Crippen LogP) is -0.189. The van der Waals surface area contributed by atoms with Crippen LogP contribution in [0.15, 0.2) is 24.3 Å². The number of primary amides is 1. The summed E-state index contributed by atoms with van der Waals surface area (Å²) in [6, 6.07) is 7.02. The Bertz CT molecular complexity index is 596. The molecule has 2 saturated heterocycles. The minimum absolute atomic E-state index is 0.0920. The number of morpholine rings is 1. The van der Waals surface area contributed by atoms with Gasteiger partial charge in [-0.2, -0.15) is 0 Å². The summed E-state index contributed by atoms with van der Waals surface area (Å²) in [6.07, 6.45) is -0.0920. The highest BCUT2D eigenvalue weighted by atomic mass is 16.5. The van der Waals surface area contributed by atoms with E-state index in [0.717, 1.165) is 18.8 Å². The Hall–Kier alpha value is -2.12. The van der Waals surface area contributed by atoms with E-state index >= 15 is 0 Å². The summed E-state index contributed by atoms with van der Waals surface area (Å²) in [5.74, 6) is -0.306. The molecule has 2 heterocycles. The van der Waals surface area contributed by atoms with Gasteiger partial charge in [-0.05, 0) is 31.2 Å². The molecule has 0 aromatic heterocycles. The van der Waals surface area contributed by atoms with E-state index in [1.807, 2.05) is 24.0 Å². The number of carbonyl (C=O) groups is 2. The minimum Gasteiger partial charge on any atom is -0.375 e. The molecule has 2 amide bonds. The smallest absolute Gasteiger partial charge is 0.248 e. The van der Waals surface area contributed by atoms with E-state index in [2.05, 4.69) is 10.2 Å². The number of anilines is 1. The highest BCUT2D eigenvalue weighted by Crippen LogP contribution is 2.18. The van der Waals surface area contributed by atoms with Gasteiger partial charge in [-0.1, -0.05) is 0 Å². The van der Waals surface area contributed by atoms with Crippen LogP contribution in [0.1, 0.15) is 17.3 Å². The maximum absolute atomic E-state index is 12.6. The van der Waals surface area contributed by atoms with Crippen LogP contribution < -0.4 is 16.0 Å². The fourth-order valence-corrected chi connectivity index (χ4v) is 3.23. The fraction of sp³-hybridized carbons (Fsp3) is 0.529. The third-order valence-corrected chi connectivity index (χ3v) is 4.69. The van der Waals surface area contributed by atoms with Crippen molar-refractivity contribution in [3.8, 4) is 0 Å². The summed E-state index contributed by atoms with van der Waals surface area (Å²) in [5, 5.41) is 3.25. The molecule has 130 valence electrons. The molecule has 2 aliphatic heterocycles. The molecule has 2 fully saturated rings. The molecular weight excluding hydrogens is 308 g/mol. The van der Waals surface area contributed by atoms with Crippen LogP contribution in [0.4, 0.5) is 5.69 Å². The molecule has 0 aliphatic carbocycles. The zero-order valence-electron chi connectivity index (χ0n) is 13.9. The van der Waals surface area contributed by atoms with Crippen molar-refractivity contribution in [3.05, 3.63) is 29.8 Å². The number of nitrogens with one attached hydrogen (secondary N) is 1. The van der Waals surface area contributed by atoms with Gasteiger partial charge < -0.3 is 25.6 Å². The molecule has 7 nitrogen and oxygen atoms in total. The summed E-state index contributed by atoms with van der Waals surface area (Å²) < 4.78 is 5.57. The molecular formula is C17H24N4O3. The van der Waals surface area contributed by atoms with Crippen LogP contribution in [0.3, 0.4) is 0 Å². The Morgan fingerprint density at radius 2 is 1.83 bits per heavy atom. The van der Waals surface area contributed by atoms with Gasteiger partial charge in [0, 0.05) is 44.0 Å². The molecule has 0 radical (unpaired) electrons. The molecule has 7 heteroatoms. The monoisotopic (exact) mass is 332 g/mol. The van der Waals surface area contributed by atoms with E-state index in [4.69, 9.17) is 10.5 Å². The minimum atomic E-state index is -0.423. The van der Waals surface area contributed by atoms with Crippen molar-refractivity contribution in [1.82, 2.24) is 10.2 Å². The summed E-state index contributed by atoms with van der Waals surface area (Å²) in [7, 11) is 0. The van der Waals surface area contributed by atoms with Gasteiger partial charge in [-0.3, -0.25) is 9.59 Å². The van der Waals surface area contributed by atoms with Crippen molar-refractivity contribution >= 4 is 17.5 Å². The fourth-order valence-electron chi connectivity index (χ4n) is 3.23. The molecule has 0 bridgehead atoms. The van der Waals surface area contributed by atoms with Gasteiger partial charge in [0.1, 0.15) is 6.04 Å². The van der Waals surface area contributed by atoms with Crippen LogP contribution in [0.2, 0.25) is 0 Å². The number of piperazine rings is 1. The number of nitrogens with zero attached hydrogens (tertiary/aromatic N) is 2. The molecule has 0 unspecified atom stereocenters. The topological polar surface area (TPSA) is 87.9 Å². The summed E-state index contributed by atoms with van der Waals surface area (Å²) >= 11 is 0. The van der Waals surface area contributed by atoms with Crippen molar-refractivity contribution in [2.75, 3.05) is 44.2 Å². The van der Waals surface area contributed by atoms with Crippen LogP contribution in [-0.2, 0) is 9.53 Å². The first-order valence-electron chi connectivity index (χ1n) is 8.35. The summed E-state index contributed by atoms with van der Waals surface area (Å²) in [5.41, 5.74) is 6.81. The lowest BCUT2D eigenvalue weighted by Gasteiger charge is -2.39. The average molecular weight is 332 g/mol. The van der Waals surface area contributed by atoms with Crippen LogP contribution in [-0.4, -0.2) is 68.2 Å². The van der Waals surface area contributed by atoms with Crippen LogP contribution >= 0.6 is 0 Å². The van der Waals surface area contributed by atoms with E-state index in [0.29, 0.717) is 31.8 Å². The SMILES string of the molecule is C[C@H]1OCCN[C@@H]1C(=O)N1CCN(c2ccc(C(N)=O)cc2)CC1. The van der Waals surface area contributed by atoms with Crippen LogP contribution in [0, 0.1) is 0 Å². The molecule has 3 N–H and O–H groups in total. The number of carbonyl (C=O) groups excluding carboxylic acids is 2. The predicted molar refractivity (Wildman–Crippen MR) is 91.0 cm³/mol. The second kappa shape index (κ2) is 7.19. The molecule has 3 rings (SSSR count). The number of ether oxygens (including phenoxy) is 1. The molecule has 2 aliphatic rings. The quantitative estimate of drug-likeness (QED) is 0.801. The van der Waals surface area contributed by atoms with Crippen molar-refractivity contribution in [2.45, 2.75) is 19.1 Å². The third kappa shape index (κ3) is 3.52. The third-order valence-electron chi connectivity index (χ3n) is 4.69. The first kappa shape index (κ1) is 16.7. The lowest BCUT2D eigenvalue weighted by atomic mass is 10.1. The van der Waals surface area contributed by atoms with Crippen LogP contribution in [0.5, 0.6) is 0 Å². The second-order valence-corrected chi connectivity index (χ2v) is 6.23. The average Bonchev–Trinajstić information content (AvgIpc) is 2.62. The van der Waals surface area contributed by atoms with Crippen molar-refractivity contribution in [1.29, 1.82) is 0 Å². The maximum atomic E-state index is 12.6.